The zero-order valence-electron chi connectivity index (χ0n) is 25.8. The predicted molar refractivity (Wildman–Crippen MR) is 202 cm³/mol. The van der Waals surface area contributed by atoms with Crippen molar-refractivity contribution < 1.29 is 19.2 Å². The summed E-state index contributed by atoms with van der Waals surface area (Å²) in [6.07, 6.45) is 1.79. The third-order valence-corrected chi connectivity index (χ3v) is 9.64. The number of carbonyl (C=O) groups is 2. The largest absolute Gasteiger partial charge is 0.479 e. The molecule has 2 aromatic heterocycles. The van der Waals surface area contributed by atoms with Crippen LogP contribution in [0.15, 0.2) is 146 Å². The third kappa shape index (κ3) is 8.45. The number of aromatic nitrogens is 2. The molecule has 8 nitrogen and oxygen atoms in total. The van der Waals surface area contributed by atoms with E-state index in [1.165, 1.54) is 16.2 Å². The van der Waals surface area contributed by atoms with Gasteiger partial charge in [0.25, 0.3) is 11.8 Å². The highest BCUT2D eigenvalue weighted by atomic mass is 79.9. The first kappa shape index (κ1) is 34.5. The Balaban J connectivity index is 1.53. The summed E-state index contributed by atoms with van der Waals surface area (Å²) in [7, 11) is 0. The summed E-state index contributed by atoms with van der Waals surface area (Å²) in [5.74, 6) is -1.15. The summed E-state index contributed by atoms with van der Waals surface area (Å²) in [6.45, 7) is 1.96. The maximum absolute atomic E-state index is 15.2. The van der Waals surface area contributed by atoms with Gasteiger partial charge in [-0.1, -0.05) is 83.7 Å². The summed E-state index contributed by atoms with van der Waals surface area (Å²) in [4.78, 5) is 47.0. The van der Waals surface area contributed by atoms with Crippen molar-refractivity contribution in [3.8, 4) is 11.5 Å². The van der Waals surface area contributed by atoms with Gasteiger partial charge in [0, 0.05) is 31.2 Å². The Kier molecular flexibility index (Phi) is 11.2. The molecule has 6 aromatic rings. The van der Waals surface area contributed by atoms with Crippen molar-refractivity contribution >= 4 is 87.6 Å². The molecule has 0 fully saturated rings. The standard InChI is InChI=1S/C37H27Br3N4O4S/c1-24-5-17-30(18-6-24)47-34(36(46)43(32-4-2-3-21-41-32)29-15-11-27(39)12-16-29)33(25-7-9-26(38)10-8-25)35(45)44(37-42-22-23-49-37)48-31-19-13-28(40)14-20-31/h2-23,33-34H,1H3. The number of pyridine rings is 1. The first-order chi connectivity index (χ1) is 23.8. The van der Waals surface area contributed by atoms with Gasteiger partial charge in [0.2, 0.25) is 5.13 Å². The molecule has 2 amide bonds. The molecule has 6 rings (SSSR count). The molecule has 0 aliphatic carbocycles. The van der Waals surface area contributed by atoms with Crippen LogP contribution in [-0.2, 0) is 9.59 Å². The monoisotopic (exact) mass is 860 g/mol. The zero-order valence-corrected chi connectivity index (χ0v) is 31.4. The molecule has 0 N–H and O–H groups in total. The second-order valence-electron chi connectivity index (χ2n) is 10.7. The van der Waals surface area contributed by atoms with Gasteiger partial charge in [-0.25, -0.2) is 9.97 Å². The van der Waals surface area contributed by atoms with Gasteiger partial charge in [-0.15, -0.1) is 16.4 Å². The van der Waals surface area contributed by atoms with Crippen LogP contribution in [0, 0.1) is 6.92 Å². The number of aryl methyl sites for hydroxylation is 1. The van der Waals surface area contributed by atoms with Crippen molar-refractivity contribution in [1.82, 2.24) is 9.97 Å². The van der Waals surface area contributed by atoms with Crippen molar-refractivity contribution in [1.29, 1.82) is 0 Å². The molecule has 0 bridgehead atoms. The first-order valence-corrected chi connectivity index (χ1v) is 18.2. The number of halogens is 3. The van der Waals surface area contributed by atoms with E-state index < -0.39 is 23.8 Å². The molecule has 0 aliphatic rings. The van der Waals surface area contributed by atoms with Crippen molar-refractivity contribution in [2.45, 2.75) is 18.9 Å². The van der Waals surface area contributed by atoms with Crippen LogP contribution < -0.4 is 19.5 Å². The van der Waals surface area contributed by atoms with E-state index in [9.17, 15) is 0 Å². The second kappa shape index (κ2) is 15.9. The molecule has 2 heterocycles. The lowest BCUT2D eigenvalue weighted by molar-refractivity contribution is -0.133. The topological polar surface area (TPSA) is 84.9 Å². The minimum absolute atomic E-state index is 0.283. The highest BCUT2D eigenvalue weighted by molar-refractivity contribution is 9.11. The number of amides is 2. The molecule has 0 radical (unpaired) electrons. The Bertz CT molecular complexity index is 2000. The molecule has 4 aromatic carbocycles. The van der Waals surface area contributed by atoms with Gasteiger partial charge in [0.05, 0.1) is 5.69 Å². The maximum atomic E-state index is 15.2. The lowest BCUT2D eigenvalue weighted by Gasteiger charge is -2.33. The number of hydroxylamine groups is 1. The number of benzene rings is 4. The smallest absolute Gasteiger partial charge is 0.274 e. The van der Waals surface area contributed by atoms with E-state index in [-0.39, 0.29) is 5.13 Å². The van der Waals surface area contributed by atoms with Crippen LogP contribution in [0.25, 0.3) is 0 Å². The van der Waals surface area contributed by atoms with Crippen LogP contribution in [-0.4, -0.2) is 27.9 Å². The zero-order chi connectivity index (χ0) is 34.3. The fraction of sp³-hybridized carbons (Fsp3) is 0.0811. The van der Waals surface area contributed by atoms with Crippen LogP contribution in [0.5, 0.6) is 11.5 Å². The van der Waals surface area contributed by atoms with E-state index in [2.05, 4.69) is 57.8 Å². The molecule has 0 spiro atoms. The van der Waals surface area contributed by atoms with Crippen molar-refractivity contribution in [2.75, 3.05) is 9.96 Å². The number of ether oxygens (including phenoxy) is 1. The molecule has 0 saturated carbocycles. The molecule has 49 heavy (non-hydrogen) atoms. The minimum atomic E-state index is -1.40. The van der Waals surface area contributed by atoms with Crippen molar-refractivity contribution in [2.24, 2.45) is 0 Å². The number of hydrogen-bond donors (Lipinski definition) is 0. The predicted octanol–water partition coefficient (Wildman–Crippen LogP) is 10.1. The quantitative estimate of drug-likeness (QED) is 0.121. The normalized spacial score (nSPS) is 12.1. The Hall–Kier alpha value is -4.36. The highest BCUT2D eigenvalue weighted by Crippen LogP contribution is 2.35. The lowest BCUT2D eigenvalue weighted by atomic mass is 9.90. The second-order valence-corrected chi connectivity index (χ2v) is 14.3. The van der Waals surface area contributed by atoms with Crippen LogP contribution in [0.3, 0.4) is 0 Å². The average molecular weight is 863 g/mol. The summed E-state index contributed by atoms with van der Waals surface area (Å²) in [5, 5.41) is 3.16. The van der Waals surface area contributed by atoms with Crippen molar-refractivity contribution in [3.05, 3.63) is 158 Å². The SMILES string of the molecule is Cc1ccc(OC(C(=O)N(c2ccc(Br)cc2)c2ccccn2)C(C(=O)N(Oc2ccc(Br)cc2)c2nccs2)c2ccc(Br)cc2)cc1. The molecular weight excluding hydrogens is 836 g/mol. The molecule has 2 unspecified atom stereocenters. The Labute approximate surface area is 312 Å². The molecule has 246 valence electrons. The van der Waals surface area contributed by atoms with Crippen molar-refractivity contribution in [3.63, 3.8) is 0 Å². The number of carbonyl (C=O) groups excluding carboxylic acids is 2. The number of nitrogens with zero attached hydrogens (tertiary/aromatic N) is 4. The third-order valence-electron chi connectivity index (χ3n) is 7.31. The average Bonchev–Trinajstić information content (AvgIpc) is 3.65. The number of thiazole rings is 1. The van der Waals surface area contributed by atoms with Gasteiger partial charge in [-0.2, -0.15) is 0 Å². The molecule has 0 saturated heterocycles. The Morgan fingerprint density at radius 2 is 1.31 bits per heavy atom. The van der Waals surface area contributed by atoms with Gasteiger partial charge in [-0.3, -0.25) is 14.5 Å². The minimum Gasteiger partial charge on any atom is -0.479 e. The van der Waals surface area contributed by atoms with E-state index in [1.807, 2.05) is 55.5 Å². The van der Waals surface area contributed by atoms with Crippen LogP contribution >= 0.6 is 59.1 Å². The van der Waals surface area contributed by atoms with E-state index in [0.717, 1.165) is 24.0 Å². The van der Waals surface area contributed by atoms with E-state index in [0.29, 0.717) is 28.6 Å². The Morgan fingerprint density at radius 3 is 1.90 bits per heavy atom. The highest BCUT2D eigenvalue weighted by Gasteiger charge is 2.44. The number of anilines is 3. The van der Waals surface area contributed by atoms with Crippen LogP contribution in [0.1, 0.15) is 17.0 Å². The molecule has 0 aliphatic heterocycles. The summed E-state index contributed by atoms with van der Waals surface area (Å²) < 4.78 is 9.10. The van der Waals surface area contributed by atoms with Gasteiger partial charge in [-0.05, 0) is 97.4 Å². The van der Waals surface area contributed by atoms with Gasteiger partial charge < -0.3 is 9.57 Å². The summed E-state index contributed by atoms with van der Waals surface area (Å²) >= 11 is 11.7. The first-order valence-electron chi connectivity index (χ1n) is 14.9. The molecular formula is C37H27Br3N4O4S. The lowest BCUT2D eigenvalue weighted by Crippen LogP contribution is -2.50. The Morgan fingerprint density at radius 1 is 0.694 bits per heavy atom. The molecule has 12 heteroatoms. The van der Waals surface area contributed by atoms with Gasteiger partial charge in [0.15, 0.2) is 11.9 Å². The van der Waals surface area contributed by atoms with E-state index in [4.69, 9.17) is 9.57 Å². The van der Waals surface area contributed by atoms with Crippen LogP contribution in [0.2, 0.25) is 0 Å². The summed E-state index contributed by atoms with van der Waals surface area (Å²) in [6, 6.07) is 34.2. The van der Waals surface area contributed by atoms with Gasteiger partial charge in [0.1, 0.15) is 17.5 Å². The van der Waals surface area contributed by atoms with Crippen LogP contribution in [0.4, 0.5) is 16.6 Å². The number of hydrogen-bond acceptors (Lipinski definition) is 7. The molecule has 2 atom stereocenters. The fourth-order valence-corrected chi connectivity index (χ4v) is 6.32. The summed E-state index contributed by atoms with van der Waals surface area (Å²) in [5.41, 5.74) is 2.07. The van der Waals surface area contributed by atoms with E-state index in [1.54, 1.807) is 84.5 Å². The maximum Gasteiger partial charge on any atom is 0.274 e. The number of rotatable bonds is 11. The van der Waals surface area contributed by atoms with E-state index >= 15 is 9.59 Å². The fourth-order valence-electron chi connectivity index (χ4n) is 4.94. The van der Waals surface area contributed by atoms with Gasteiger partial charge >= 0.3 is 0 Å².